The molecular weight excluding hydrogens is 380 g/mol. The molecule has 0 spiro atoms. The zero-order valence-electron chi connectivity index (χ0n) is 13.1. The van der Waals surface area contributed by atoms with Crippen LogP contribution in [0.5, 0.6) is 0 Å². The number of aliphatic carboxylic acids is 1. The molecule has 5 nitrogen and oxygen atoms in total. The van der Waals surface area contributed by atoms with E-state index in [1.165, 1.54) is 0 Å². The monoisotopic (exact) mass is 398 g/mol. The van der Waals surface area contributed by atoms with Crippen molar-refractivity contribution >= 4 is 49.4 Å². The fourth-order valence-corrected chi connectivity index (χ4v) is 3.28. The number of nitrogens with zero attached hydrogens (tertiary/aromatic N) is 1. The molecule has 1 heterocycles. The molecule has 1 aromatic heterocycles. The van der Waals surface area contributed by atoms with E-state index in [0.29, 0.717) is 25.8 Å². The number of hydrogen-bond donors (Lipinski definition) is 2. The molecule has 0 saturated heterocycles. The molecule has 0 saturated carbocycles. The Morgan fingerprint density at radius 3 is 2.83 bits per heavy atom. The Labute approximate surface area is 147 Å². The lowest BCUT2D eigenvalue weighted by Gasteiger charge is -2.18. The summed E-state index contributed by atoms with van der Waals surface area (Å²) in [5.41, 5.74) is 0.108. The number of aromatic nitrogens is 1. The second kappa shape index (κ2) is 7.40. The van der Waals surface area contributed by atoms with Gasteiger partial charge in [0, 0.05) is 23.9 Å². The topological polar surface area (TPSA) is 79.3 Å². The van der Waals surface area contributed by atoms with Gasteiger partial charge in [-0.1, -0.05) is 15.9 Å². The van der Waals surface area contributed by atoms with Crippen molar-refractivity contribution in [1.29, 1.82) is 0 Å². The van der Waals surface area contributed by atoms with Gasteiger partial charge in [0.05, 0.1) is 20.6 Å². The second-order valence-corrected chi connectivity index (χ2v) is 8.04. The van der Waals surface area contributed by atoms with Crippen LogP contribution >= 0.6 is 27.3 Å². The minimum absolute atomic E-state index is 0.0772. The summed E-state index contributed by atoms with van der Waals surface area (Å²) in [5.74, 6) is -0.931. The van der Waals surface area contributed by atoms with Gasteiger partial charge in [-0.15, -0.1) is 11.3 Å². The summed E-state index contributed by atoms with van der Waals surface area (Å²) in [6.45, 7) is 3.67. The zero-order chi connectivity index (χ0) is 17.0. The normalized spacial score (nSPS) is 11.6. The molecule has 1 amide bonds. The average molecular weight is 399 g/mol. The molecule has 0 atom stereocenters. The molecule has 0 aliphatic carbocycles. The molecule has 2 aromatic rings. The number of carboxylic acid groups (broad SMARTS) is 1. The van der Waals surface area contributed by atoms with E-state index in [-0.39, 0.29) is 5.91 Å². The highest BCUT2D eigenvalue weighted by atomic mass is 79.9. The summed E-state index contributed by atoms with van der Waals surface area (Å²) < 4.78 is 2.09. The van der Waals surface area contributed by atoms with Gasteiger partial charge in [0.25, 0.3) is 0 Å². The lowest BCUT2D eigenvalue weighted by molar-refractivity contribution is -0.147. The van der Waals surface area contributed by atoms with Gasteiger partial charge in [-0.05, 0) is 38.5 Å². The van der Waals surface area contributed by atoms with Crippen molar-refractivity contribution in [3.05, 3.63) is 27.7 Å². The number of nitrogens with one attached hydrogen (secondary N) is 1. The first kappa shape index (κ1) is 17.9. The first-order chi connectivity index (χ1) is 10.8. The van der Waals surface area contributed by atoms with Gasteiger partial charge in [0.15, 0.2) is 0 Å². The number of hydrogen-bond acceptors (Lipinski definition) is 4. The molecule has 1 aromatic carbocycles. The molecule has 0 aliphatic rings. The zero-order valence-corrected chi connectivity index (χ0v) is 15.5. The summed E-state index contributed by atoms with van der Waals surface area (Å²) in [4.78, 5) is 27.4. The fourth-order valence-electron chi connectivity index (χ4n) is 1.99. The van der Waals surface area contributed by atoms with Crippen molar-refractivity contribution in [2.45, 2.75) is 33.1 Å². The van der Waals surface area contributed by atoms with Crippen molar-refractivity contribution in [3.63, 3.8) is 0 Å². The van der Waals surface area contributed by atoms with Gasteiger partial charge in [0.2, 0.25) is 5.91 Å². The van der Waals surface area contributed by atoms with Crippen LogP contribution in [0.4, 0.5) is 0 Å². The largest absolute Gasteiger partial charge is 0.481 e. The Hall–Kier alpha value is -1.47. The van der Waals surface area contributed by atoms with Crippen molar-refractivity contribution in [3.8, 4) is 0 Å². The summed E-state index contributed by atoms with van der Waals surface area (Å²) in [5, 5.41) is 12.7. The van der Waals surface area contributed by atoms with E-state index in [4.69, 9.17) is 5.11 Å². The predicted octanol–water partition coefficient (Wildman–Crippen LogP) is 3.61. The molecule has 0 aliphatic heterocycles. The maximum absolute atomic E-state index is 11.9. The van der Waals surface area contributed by atoms with Gasteiger partial charge in [0.1, 0.15) is 0 Å². The second-order valence-electron chi connectivity index (χ2n) is 6.01. The van der Waals surface area contributed by atoms with Crippen LogP contribution < -0.4 is 5.32 Å². The van der Waals surface area contributed by atoms with Crippen LogP contribution in [0.2, 0.25) is 0 Å². The Bertz CT molecular complexity index is 727. The third-order valence-corrected chi connectivity index (χ3v) is 5.20. The lowest BCUT2D eigenvalue weighted by Crippen LogP contribution is -2.32. The van der Waals surface area contributed by atoms with Crippen LogP contribution in [0.1, 0.15) is 31.7 Å². The molecular formula is C16H19BrN2O3S. The molecule has 0 radical (unpaired) electrons. The summed E-state index contributed by atoms with van der Waals surface area (Å²) >= 11 is 5.01. The smallest absolute Gasteiger partial charge is 0.309 e. The Morgan fingerprint density at radius 2 is 2.13 bits per heavy atom. The van der Waals surface area contributed by atoms with Crippen LogP contribution in [0.3, 0.4) is 0 Å². The number of fused-ring (bicyclic) bond motifs is 1. The van der Waals surface area contributed by atoms with E-state index in [1.807, 2.05) is 18.2 Å². The number of amides is 1. The number of carbonyl (C=O) groups excluding carboxylic acids is 1. The van der Waals surface area contributed by atoms with Gasteiger partial charge in [-0.3, -0.25) is 9.59 Å². The van der Waals surface area contributed by atoms with Crippen molar-refractivity contribution < 1.29 is 14.7 Å². The Kier molecular flexibility index (Phi) is 5.75. The van der Waals surface area contributed by atoms with E-state index < -0.39 is 11.4 Å². The van der Waals surface area contributed by atoms with Gasteiger partial charge < -0.3 is 10.4 Å². The predicted molar refractivity (Wildman–Crippen MR) is 94.7 cm³/mol. The molecule has 0 fully saturated rings. The van der Waals surface area contributed by atoms with Crippen molar-refractivity contribution in [2.24, 2.45) is 5.41 Å². The molecule has 2 N–H and O–H groups in total. The van der Waals surface area contributed by atoms with E-state index in [1.54, 1.807) is 25.2 Å². The molecule has 0 bridgehead atoms. The van der Waals surface area contributed by atoms with Crippen molar-refractivity contribution in [2.75, 3.05) is 6.54 Å². The minimum Gasteiger partial charge on any atom is -0.481 e. The molecule has 0 unspecified atom stereocenters. The first-order valence-electron chi connectivity index (χ1n) is 7.33. The molecule has 2 rings (SSSR count). The minimum atomic E-state index is -0.854. The van der Waals surface area contributed by atoms with E-state index in [0.717, 1.165) is 19.7 Å². The lowest BCUT2D eigenvalue weighted by atomic mass is 9.90. The maximum Gasteiger partial charge on any atom is 0.309 e. The van der Waals surface area contributed by atoms with Gasteiger partial charge in [-0.25, -0.2) is 4.98 Å². The van der Waals surface area contributed by atoms with Crippen LogP contribution in [-0.2, 0) is 16.0 Å². The van der Waals surface area contributed by atoms with Crippen LogP contribution in [0.15, 0.2) is 22.7 Å². The number of halogens is 1. The molecule has 7 heteroatoms. The number of benzene rings is 1. The highest BCUT2D eigenvalue weighted by molar-refractivity contribution is 9.10. The van der Waals surface area contributed by atoms with Crippen LogP contribution in [-0.4, -0.2) is 28.5 Å². The number of rotatable bonds is 7. The SMILES string of the molecule is CC(C)(CCNC(=O)CCc1nc2cc(Br)ccc2s1)C(=O)O. The number of carboxylic acids is 1. The standard InChI is InChI=1S/C16H19BrN2O3S/c1-16(2,15(21)22)7-8-18-13(20)5-6-14-19-11-9-10(17)3-4-12(11)23-14/h3-4,9H,5-8H2,1-2H3,(H,18,20)(H,21,22). The van der Waals surface area contributed by atoms with Gasteiger partial charge >= 0.3 is 5.97 Å². The Morgan fingerprint density at radius 1 is 1.39 bits per heavy atom. The number of carbonyl (C=O) groups is 2. The molecule has 23 heavy (non-hydrogen) atoms. The highest BCUT2D eigenvalue weighted by Gasteiger charge is 2.26. The summed E-state index contributed by atoms with van der Waals surface area (Å²) in [6.07, 6.45) is 1.35. The maximum atomic E-state index is 11.9. The van der Waals surface area contributed by atoms with E-state index >= 15 is 0 Å². The Balaban J connectivity index is 1.80. The first-order valence-corrected chi connectivity index (χ1v) is 8.94. The third-order valence-electron chi connectivity index (χ3n) is 3.61. The number of thiazole rings is 1. The number of aryl methyl sites for hydroxylation is 1. The highest BCUT2D eigenvalue weighted by Crippen LogP contribution is 2.25. The van der Waals surface area contributed by atoms with Crippen molar-refractivity contribution in [1.82, 2.24) is 10.3 Å². The van der Waals surface area contributed by atoms with Crippen LogP contribution in [0, 0.1) is 5.41 Å². The van der Waals surface area contributed by atoms with E-state index in [2.05, 4.69) is 26.2 Å². The van der Waals surface area contributed by atoms with E-state index in [9.17, 15) is 9.59 Å². The quantitative estimate of drug-likeness (QED) is 0.746. The third kappa shape index (κ3) is 5.00. The molecule has 124 valence electrons. The van der Waals surface area contributed by atoms with Gasteiger partial charge in [-0.2, -0.15) is 0 Å². The average Bonchev–Trinajstić information content (AvgIpc) is 2.86. The van der Waals surface area contributed by atoms with Crippen LogP contribution in [0.25, 0.3) is 10.2 Å². The summed E-state index contributed by atoms with van der Waals surface area (Å²) in [6, 6.07) is 5.94. The summed E-state index contributed by atoms with van der Waals surface area (Å²) in [7, 11) is 0. The fraction of sp³-hybridized carbons (Fsp3) is 0.438.